The van der Waals surface area contributed by atoms with Gasteiger partial charge in [0.05, 0.1) is 23.9 Å². The molecule has 1 N–H and O–H groups in total. The standard InChI is InChI=1S/C16H18N2O2/c1-12(11-19)18(2)16(20)10-9-14-8-7-13-5-3-4-6-15(13)17-14/h3-10,12,19H,11H2,1-2H3/b10-9+. The van der Waals surface area contributed by atoms with Gasteiger partial charge in [-0.2, -0.15) is 0 Å². The van der Waals surface area contributed by atoms with Crippen LogP contribution in [0.25, 0.3) is 17.0 Å². The fraction of sp³-hybridized carbons (Fsp3) is 0.250. The second kappa shape index (κ2) is 6.30. The number of pyridine rings is 1. The van der Waals surface area contributed by atoms with Crippen molar-refractivity contribution in [3.05, 3.63) is 48.2 Å². The number of hydrogen-bond donors (Lipinski definition) is 1. The number of carbonyl (C=O) groups is 1. The second-order valence-corrected chi connectivity index (χ2v) is 4.74. The molecule has 0 saturated carbocycles. The number of nitrogens with zero attached hydrogens (tertiary/aromatic N) is 2. The maximum Gasteiger partial charge on any atom is 0.246 e. The maximum atomic E-state index is 11.9. The zero-order valence-electron chi connectivity index (χ0n) is 11.7. The van der Waals surface area contributed by atoms with Crippen LogP contribution in [0.15, 0.2) is 42.5 Å². The normalized spacial score (nSPS) is 12.8. The third-order valence-electron chi connectivity index (χ3n) is 3.29. The van der Waals surface area contributed by atoms with Crippen molar-refractivity contribution in [3.8, 4) is 0 Å². The van der Waals surface area contributed by atoms with Crippen molar-refractivity contribution in [1.29, 1.82) is 0 Å². The lowest BCUT2D eigenvalue weighted by Crippen LogP contribution is -2.36. The highest BCUT2D eigenvalue weighted by atomic mass is 16.3. The van der Waals surface area contributed by atoms with Gasteiger partial charge in [0, 0.05) is 18.5 Å². The average Bonchev–Trinajstić information content (AvgIpc) is 2.50. The number of fused-ring (bicyclic) bond motifs is 1. The zero-order chi connectivity index (χ0) is 14.5. The Kier molecular flexibility index (Phi) is 4.48. The molecule has 4 nitrogen and oxygen atoms in total. The summed E-state index contributed by atoms with van der Waals surface area (Å²) >= 11 is 0. The third kappa shape index (κ3) is 3.22. The van der Waals surface area contributed by atoms with E-state index >= 15 is 0 Å². The Hall–Kier alpha value is -2.20. The van der Waals surface area contributed by atoms with E-state index in [0.29, 0.717) is 0 Å². The predicted molar refractivity (Wildman–Crippen MR) is 80.1 cm³/mol. The van der Waals surface area contributed by atoms with E-state index in [1.165, 1.54) is 11.0 Å². The molecule has 1 aromatic carbocycles. The SMILES string of the molecule is CC(CO)N(C)C(=O)/C=C/c1ccc2ccccc2n1. The molecule has 0 aliphatic rings. The Balaban J connectivity index is 2.15. The Morgan fingerprint density at radius 3 is 2.85 bits per heavy atom. The molecule has 104 valence electrons. The molecule has 0 bridgehead atoms. The van der Waals surface area contributed by atoms with E-state index in [1.54, 1.807) is 20.0 Å². The molecule has 0 spiro atoms. The Morgan fingerprint density at radius 2 is 2.10 bits per heavy atom. The van der Waals surface area contributed by atoms with E-state index in [-0.39, 0.29) is 18.6 Å². The molecule has 1 aromatic heterocycles. The Bertz CT molecular complexity index is 637. The van der Waals surface area contributed by atoms with E-state index < -0.39 is 0 Å². The molecular formula is C16H18N2O2. The molecule has 0 saturated heterocycles. The first-order valence-electron chi connectivity index (χ1n) is 6.53. The number of likely N-dealkylation sites (N-methyl/N-ethyl adjacent to an activating group) is 1. The molecule has 1 amide bonds. The topological polar surface area (TPSA) is 53.4 Å². The first-order valence-corrected chi connectivity index (χ1v) is 6.53. The largest absolute Gasteiger partial charge is 0.394 e. The van der Waals surface area contributed by atoms with Crippen molar-refractivity contribution >= 4 is 22.9 Å². The summed E-state index contributed by atoms with van der Waals surface area (Å²) in [5, 5.41) is 10.1. The molecule has 0 fully saturated rings. The summed E-state index contributed by atoms with van der Waals surface area (Å²) in [6, 6.07) is 11.5. The van der Waals surface area contributed by atoms with Crippen molar-refractivity contribution in [3.63, 3.8) is 0 Å². The van der Waals surface area contributed by atoms with Gasteiger partial charge >= 0.3 is 0 Å². The van der Waals surface area contributed by atoms with Crippen LogP contribution in [0, 0.1) is 0 Å². The zero-order valence-corrected chi connectivity index (χ0v) is 11.7. The molecule has 0 aliphatic heterocycles. The lowest BCUT2D eigenvalue weighted by atomic mass is 10.2. The number of rotatable bonds is 4. The van der Waals surface area contributed by atoms with E-state index in [4.69, 9.17) is 5.11 Å². The fourth-order valence-electron chi connectivity index (χ4n) is 1.79. The summed E-state index contributed by atoms with van der Waals surface area (Å²) in [5.74, 6) is -0.151. The van der Waals surface area contributed by atoms with Crippen molar-refractivity contribution in [2.24, 2.45) is 0 Å². The van der Waals surface area contributed by atoms with Crippen LogP contribution in [0.1, 0.15) is 12.6 Å². The first-order chi connectivity index (χ1) is 9.61. The number of amides is 1. The van der Waals surface area contributed by atoms with Crippen LogP contribution in [-0.4, -0.2) is 40.6 Å². The summed E-state index contributed by atoms with van der Waals surface area (Å²) in [5.41, 5.74) is 1.64. The second-order valence-electron chi connectivity index (χ2n) is 4.74. The average molecular weight is 270 g/mol. The van der Waals surface area contributed by atoms with Gasteiger partial charge in [-0.1, -0.05) is 24.3 Å². The number of aliphatic hydroxyl groups is 1. The van der Waals surface area contributed by atoms with Crippen molar-refractivity contribution in [2.75, 3.05) is 13.7 Å². The van der Waals surface area contributed by atoms with Crippen molar-refractivity contribution in [2.45, 2.75) is 13.0 Å². The van der Waals surface area contributed by atoms with Gasteiger partial charge in [-0.15, -0.1) is 0 Å². The molecule has 2 rings (SSSR count). The lowest BCUT2D eigenvalue weighted by Gasteiger charge is -2.21. The first kappa shape index (κ1) is 14.2. The molecule has 4 heteroatoms. The van der Waals surface area contributed by atoms with Crippen LogP contribution in [0.2, 0.25) is 0 Å². The molecular weight excluding hydrogens is 252 g/mol. The summed E-state index contributed by atoms with van der Waals surface area (Å²) in [7, 11) is 1.67. The number of aliphatic hydroxyl groups excluding tert-OH is 1. The van der Waals surface area contributed by atoms with Crippen LogP contribution in [0.3, 0.4) is 0 Å². The summed E-state index contributed by atoms with van der Waals surface area (Å²) in [6.07, 6.45) is 3.17. The van der Waals surface area contributed by atoms with Crippen LogP contribution in [-0.2, 0) is 4.79 Å². The molecule has 1 heterocycles. The minimum Gasteiger partial charge on any atom is -0.394 e. The van der Waals surface area contributed by atoms with Gasteiger partial charge in [0.15, 0.2) is 0 Å². The van der Waals surface area contributed by atoms with Gasteiger partial charge in [-0.05, 0) is 25.1 Å². The monoisotopic (exact) mass is 270 g/mol. The highest BCUT2D eigenvalue weighted by Crippen LogP contribution is 2.12. The highest BCUT2D eigenvalue weighted by Gasteiger charge is 2.11. The van der Waals surface area contributed by atoms with E-state index in [1.807, 2.05) is 36.4 Å². The Labute approximate surface area is 118 Å². The molecule has 0 radical (unpaired) electrons. The van der Waals surface area contributed by atoms with Crippen LogP contribution in [0.5, 0.6) is 0 Å². The highest BCUT2D eigenvalue weighted by molar-refractivity contribution is 5.92. The van der Waals surface area contributed by atoms with Gasteiger partial charge in [0.2, 0.25) is 5.91 Å². The van der Waals surface area contributed by atoms with Crippen LogP contribution in [0.4, 0.5) is 0 Å². The number of benzene rings is 1. The van der Waals surface area contributed by atoms with Gasteiger partial charge in [0.25, 0.3) is 0 Å². The van der Waals surface area contributed by atoms with Gasteiger partial charge in [0.1, 0.15) is 0 Å². The minimum atomic E-state index is -0.197. The number of aromatic nitrogens is 1. The van der Waals surface area contributed by atoms with Gasteiger partial charge in [-0.3, -0.25) is 4.79 Å². The lowest BCUT2D eigenvalue weighted by molar-refractivity contribution is -0.127. The smallest absolute Gasteiger partial charge is 0.246 e. The van der Waals surface area contributed by atoms with E-state index in [0.717, 1.165) is 16.6 Å². The molecule has 0 aliphatic carbocycles. The molecule has 1 atom stereocenters. The van der Waals surface area contributed by atoms with E-state index in [2.05, 4.69) is 4.98 Å². The Morgan fingerprint density at radius 1 is 1.35 bits per heavy atom. The van der Waals surface area contributed by atoms with Gasteiger partial charge in [-0.25, -0.2) is 4.98 Å². The molecule has 1 unspecified atom stereocenters. The fourth-order valence-corrected chi connectivity index (χ4v) is 1.79. The summed E-state index contributed by atoms with van der Waals surface area (Å²) in [6.45, 7) is 1.74. The van der Waals surface area contributed by atoms with Crippen molar-refractivity contribution < 1.29 is 9.90 Å². The van der Waals surface area contributed by atoms with Crippen LogP contribution >= 0.6 is 0 Å². The summed E-state index contributed by atoms with van der Waals surface area (Å²) in [4.78, 5) is 17.8. The van der Waals surface area contributed by atoms with Crippen molar-refractivity contribution in [1.82, 2.24) is 9.88 Å². The number of para-hydroxylation sites is 1. The quantitative estimate of drug-likeness (QED) is 0.865. The molecule has 20 heavy (non-hydrogen) atoms. The third-order valence-corrected chi connectivity index (χ3v) is 3.29. The summed E-state index contributed by atoms with van der Waals surface area (Å²) < 4.78 is 0. The predicted octanol–water partition coefficient (Wildman–Crippen LogP) is 2.09. The minimum absolute atomic E-state index is 0.0513. The van der Waals surface area contributed by atoms with Gasteiger partial charge < -0.3 is 10.0 Å². The number of hydrogen-bond acceptors (Lipinski definition) is 3. The molecule has 2 aromatic rings. The van der Waals surface area contributed by atoms with Crippen LogP contribution < -0.4 is 0 Å². The van der Waals surface area contributed by atoms with E-state index in [9.17, 15) is 4.79 Å². The maximum absolute atomic E-state index is 11.9. The number of carbonyl (C=O) groups excluding carboxylic acids is 1.